The second-order valence-electron chi connectivity index (χ2n) is 1.98. The minimum Gasteiger partial charge on any atom is -0.400 e. The molecule has 1 heterocycles. The van der Waals surface area contributed by atoms with Gasteiger partial charge in [0.05, 0.1) is 0 Å². The summed E-state index contributed by atoms with van der Waals surface area (Å²) < 4.78 is 0. The van der Waals surface area contributed by atoms with Crippen molar-refractivity contribution in [2.75, 3.05) is 20.2 Å². The quantitative estimate of drug-likeness (QED) is 0.432. The van der Waals surface area contributed by atoms with Crippen molar-refractivity contribution in [3.63, 3.8) is 0 Å². The van der Waals surface area contributed by atoms with Crippen LogP contribution in [0.1, 0.15) is 12.8 Å². The average molecular weight is 149 g/mol. The Kier molecular flexibility index (Phi) is 6.58. The Balaban J connectivity index is 0.000000291. The molecule has 0 spiro atoms. The van der Waals surface area contributed by atoms with Crippen molar-refractivity contribution in [3.8, 4) is 0 Å². The Morgan fingerprint density at radius 2 is 1.78 bits per heavy atom. The SMILES string of the molecule is CO.SC1CCNCC1. The van der Waals surface area contributed by atoms with E-state index in [9.17, 15) is 0 Å². The fourth-order valence-electron chi connectivity index (χ4n) is 0.807. The van der Waals surface area contributed by atoms with Crippen molar-refractivity contribution in [1.29, 1.82) is 0 Å². The van der Waals surface area contributed by atoms with E-state index in [1.807, 2.05) is 0 Å². The maximum absolute atomic E-state index is 7.00. The summed E-state index contributed by atoms with van der Waals surface area (Å²) in [6.45, 7) is 2.32. The lowest BCUT2D eigenvalue weighted by Gasteiger charge is -2.16. The molecule has 0 amide bonds. The summed E-state index contributed by atoms with van der Waals surface area (Å²) in [6.07, 6.45) is 2.48. The number of piperidine rings is 1. The van der Waals surface area contributed by atoms with Gasteiger partial charge >= 0.3 is 0 Å². The maximum Gasteiger partial charge on any atom is 0.0319 e. The van der Waals surface area contributed by atoms with Gasteiger partial charge in [0.2, 0.25) is 0 Å². The molecule has 0 aromatic carbocycles. The van der Waals surface area contributed by atoms with Crippen molar-refractivity contribution in [1.82, 2.24) is 5.32 Å². The highest BCUT2D eigenvalue weighted by molar-refractivity contribution is 7.80. The summed E-state index contributed by atoms with van der Waals surface area (Å²) in [5.41, 5.74) is 0. The van der Waals surface area contributed by atoms with E-state index in [4.69, 9.17) is 5.11 Å². The standard InChI is InChI=1S/C5H11NS.CH4O/c7-5-1-3-6-4-2-5;1-2/h5-7H,1-4H2;2H,1H3. The van der Waals surface area contributed by atoms with E-state index in [-0.39, 0.29) is 0 Å². The zero-order chi connectivity index (χ0) is 7.11. The second kappa shape index (κ2) is 6.39. The highest BCUT2D eigenvalue weighted by Gasteiger charge is 2.05. The first-order valence-electron chi connectivity index (χ1n) is 3.23. The Labute approximate surface area is 62.1 Å². The van der Waals surface area contributed by atoms with E-state index >= 15 is 0 Å². The van der Waals surface area contributed by atoms with Crippen molar-refractivity contribution >= 4 is 12.6 Å². The van der Waals surface area contributed by atoms with Gasteiger partial charge in [-0.25, -0.2) is 0 Å². The molecule has 0 saturated carbocycles. The van der Waals surface area contributed by atoms with Crippen molar-refractivity contribution in [2.24, 2.45) is 0 Å². The second-order valence-corrected chi connectivity index (χ2v) is 2.71. The van der Waals surface area contributed by atoms with Gasteiger partial charge in [-0.15, -0.1) is 0 Å². The molecule has 0 unspecified atom stereocenters. The number of rotatable bonds is 0. The van der Waals surface area contributed by atoms with Gasteiger partial charge in [-0.05, 0) is 25.9 Å². The molecule has 1 fully saturated rings. The lowest BCUT2D eigenvalue weighted by Crippen LogP contribution is -2.27. The molecule has 0 aliphatic carbocycles. The van der Waals surface area contributed by atoms with Gasteiger partial charge < -0.3 is 10.4 Å². The van der Waals surface area contributed by atoms with E-state index in [1.165, 1.54) is 12.8 Å². The number of hydrogen-bond donors (Lipinski definition) is 3. The highest BCUT2D eigenvalue weighted by Crippen LogP contribution is 2.07. The molecular formula is C6H15NOS. The molecule has 1 saturated heterocycles. The van der Waals surface area contributed by atoms with Gasteiger partial charge in [0.25, 0.3) is 0 Å². The molecule has 56 valence electrons. The molecular weight excluding hydrogens is 134 g/mol. The summed E-state index contributed by atoms with van der Waals surface area (Å²) >= 11 is 4.32. The van der Waals surface area contributed by atoms with Gasteiger partial charge in [0.1, 0.15) is 0 Å². The smallest absolute Gasteiger partial charge is 0.0319 e. The normalized spacial score (nSPS) is 20.3. The van der Waals surface area contributed by atoms with Gasteiger partial charge in [-0.1, -0.05) is 0 Å². The fourth-order valence-corrected chi connectivity index (χ4v) is 1.06. The van der Waals surface area contributed by atoms with Crippen LogP contribution < -0.4 is 5.32 Å². The molecule has 0 atom stereocenters. The van der Waals surface area contributed by atoms with Crippen LogP contribution in [0.3, 0.4) is 0 Å². The first-order valence-corrected chi connectivity index (χ1v) is 3.75. The van der Waals surface area contributed by atoms with Crippen LogP contribution in [-0.4, -0.2) is 30.6 Å². The van der Waals surface area contributed by atoms with Crippen LogP contribution in [0, 0.1) is 0 Å². The van der Waals surface area contributed by atoms with Crippen molar-refractivity contribution in [2.45, 2.75) is 18.1 Å². The maximum atomic E-state index is 7.00. The third-order valence-corrected chi connectivity index (χ3v) is 1.83. The molecule has 1 rings (SSSR count). The summed E-state index contributed by atoms with van der Waals surface area (Å²) in [4.78, 5) is 0. The topological polar surface area (TPSA) is 32.3 Å². The molecule has 2 N–H and O–H groups in total. The third-order valence-electron chi connectivity index (χ3n) is 1.31. The van der Waals surface area contributed by atoms with Crippen molar-refractivity contribution < 1.29 is 5.11 Å². The van der Waals surface area contributed by atoms with Crippen LogP contribution >= 0.6 is 12.6 Å². The van der Waals surface area contributed by atoms with Gasteiger partial charge in [-0.2, -0.15) is 12.6 Å². The van der Waals surface area contributed by atoms with Crippen LogP contribution in [0.4, 0.5) is 0 Å². The van der Waals surface area contributed by atoms with E-state index in [0.29, 0.717) is 5.25 Å². The van der Waals surface area contributed by atoms with Gasteiger partial charge in [-0.3, -0.25) is 0 Å². The Bertz CT molecular complexity index is 55.0. The van der Waals surface area contributed by atoms with Crippen LogP contribution in [-0.2, 0) is 0 Å². The number of nitrogens with one attached hydrogen (secondary N) is 1. The summed E-state index contributed by atoms with van der Waals surface area (Å²) in [7, 11) is 1.00. The van der Waals surface area contributed by atoms with Crippen LogP contribution in [0.25, 0.3) is 0 Å². The summed E-state index contributed by atoms with van der Waals surface area (Å²) in [6, 6.07) is 0. The van der Waals surface area contributed by atoms with Crippen LogP contribution in [0.2, 0.25) is 0 Å². The van der Waals surface area contributed by atoms with E-state index in [1.54, 1.807) is 0 Å². The highest BCUT2D eigenvalue weighted by atomic mass is 32.1. The number of thiol groups is 1. The molecule has 0 aromatic heterocycles. The first-order chi connectivity index (χ1) is 4.39. The molecule has 1 aliphatic rings. The largest absolute Gasteiger partial charge is 0.400 e. The minimum atomic E-state index is 0.668. The fraction of sp³-hybridized carbons (Fsp3) is 1.00. The van der Waals surface area contributed by atoms with E-state index in [0.717, 1.165) is 20.2 Å². The lowest BCUT2D eigenvalue weighted by molar-refractivity contribution is 0.399. The summed E-state index contributed by atoms with van der Waals surface area (Å²) in [5.74, 6) is 0. The number of aliphatic hydroxyl groups excluding tert-OH is 1. The zero-order valence-electron chi connectivity index (χ0n) is 5.80. The number of hydrogen-bond acceptors (Lipinski definition) is 3. The van der Waals surface area contributed by atoms with E-state index < -0.39 is 0 Å². The number of aliphatic hydroxyl groups is 1. The molecule has 9 heavy (non-hydrogen) atoms. The third kappa shape index (κ3) is 4.75. The van der Waals surface area contributed by atoms with Crippen LogP contribution in [0.5, 0.6) is 0 Å². The Hall–Kier alpha value is 0.270. The van der Waals surface area contributed by atoms with Gasteiger partial charge in [0, 0.05) is 12.4 Å². The molecule has 0 aromatic rings. The molecule has 2 nitrogen and oxygen atoms in total. The van der Waals surface area contributed by atoms with Gasteiger partial charge in [0.15, 0.2) is 0 Å². The Morgan fingerprint density at radius 1 is 1.33 bits per heavy atom. The average Bonchev–Trinajstić information content (AvgIpc) is 1.94. The van der Waals surface area contributed by atoms with Crippen molar-refractivity contribution in [3.05, 3.63) is 0 Å². The monoisotopic (exact) mass is 149 g/mol. The predicted molar refractivity (Wildman–Crippen MR) is 43.0 cm³/mol. The van der Waals surface area contributed by atoms with E-state index in [2.05, 4.69) is 17.9 Å². The van der Waals surface area contributed by atoms with Crippen LogP contribution in [0.15, 0.2) is 0 Å². The molecule has 3 heteroatoms. The zero-order valence-corrected chi connectivity index (χ0v) is 6.69. The lowest BCUT2D eigenvalue weighted by atomic mass is 10.2. The molecule has 0 radical (unpaired) electrons. The first kappa shape index (κ1) is 9.27. The minimum absolute atomic E-state index is 0.668. The molecule has 0 bridgehead atoms. The Morgan fingerprint density at radius 3 is 2.00 bits per heavy atom. The predicted octanol–water partition coefficient (Wildman–Crippen LogP) is 0.277. The summed E-state index contributed by atoms with van der Waals surface area (Å²) in [5, 5.41) is 10.9. The molecule has 1 aliphatic heterocycles.